The van der Waals surface area contributed by atoms with E-state index < -0.39 is 11.9 Å². The molecular weight excluding hydrogens is 429 g/mol. The van der Waals surface area contributed by atoms with Crippen LogP contribution in [0.1, 0.15) is 18.2 Å². The maximum atomic E-state index is 13.6. The number of nitrogens with two attached hydrogens (primary N) is 1. The Hall–Kier alpha value is -1.09. The molecule has 0 unspecified atom stereocenters. The summed E-state index contributed by atoms with van der Waals surface area (Å²) < 4.78 is 46.7. The molecule has 2 N–H and O–H groups in total. The van der Waals surface area contributed by atoms with Crippen molar-refractivity contribution >= 4 is 44.7 Å². The number of rotatable bonds is 5. The van der Waals surface area contributed by atoms with Gasteiger partial charge >= 0.3 is 6.18 Å². The highest BCUT2D eigenvalue weighted by Crippen LogP contribution is 2.43. The van der Waals surface area contributed by atoms with Crippen molar-refractivity contribution in [2.24, 2.45) is 5.73 Å². The zero-order chi connectivity index (χ0) is 18.1. The number of thiocarbonyl (C=S) groups is 1. The van der Waals surface area contributed by atoms with Crippen LogP contribution in [0, 0.1) is 0 Å². The molecule has 0 spiro atoms. The summed E-state index contributed by atoms with van der Waals surface area (Å²) in [6.07, 6.45) is -4.61. The van der Waals surface area contributed by atoms with E-state index in [2.05, 4.69) is 15.9 Å². The third kappa shape index (κ3) is 3.77. The van der Waals surface area contributed by atoms with Gasteiger partial charge in [-0.05, 0) is 40.5 Å². The summed E-state index contributed by atoms with van der Waals surface area (Å²) >= 11 is 13.8. The van der Waals surface area contributed by atoms with Crippen molar-refractivity contribution in [2.45, 2.75) is 19.8 Å². The standard InChI is InChI=1S/C15H13BrClF3N2OS/c1-2-23-7-22-12(8-3-5-9(17)6-4-8)10(14(21)24)11(16)13(22)15(18,19)20/h3-6H,2,7H2,1H3,(H2,21,24). The van der Waals surface area contributed by atoms with Gasteiger partial charge in [-0.15, -0.1) is 0 Å². The van der Waals surface area contributed by atoms with Gasteiger partial charge in [-0.1, -0.05) is 36.0 Å². The minimum absolute atomic E-state index is 0.111. The molecule has 1 aromatic carbocycles. The lowest BCUT2D eigenvalue weighted by molar-refractivity contribution is -0.146. The highest BCUT2D eigenvalue weighted by atomic mass is 79.9. The SMILES string of the molecule is CCOCn1c(-c2ccc(Cl)cc2)c(C(N)=S)c(Br)c1C(F)(F)F. The van der Waals surface area contributed by atoms with E-state index in [1.54, 1.807) is 31.2 Å². The highest BCUT2D eigenvalue weighted by molar-refractivity contribution is 9.10. The number of aromatic nitrogens is 1. The molecule has 0 saturated carbocycles. The van der Waals surface area contributed by atoms with Crippen LogP contribution in [-0.2, 0) is 17.6 Å². The Balaban J connectivity index is 2.83. The van der Waals surface area contributed by atoms with E-state index in [4.69, 9.17) is 34.3 Å². The number of nitrogens with zero attached hydrogens (tertiary/aromatic N) is 1. The van der Waals surface area contributed by atoms with E-state index in [0.717, 1.165) is 4.57 Å². The van der Waals surface area contributed by atoms with Crippen LogP contribution >= 0.6 is 39.7 Å². The van der Waals surface area contributed by atoms with E-state index in [1.165, 1.54) is 0 Å². The van der Waals surface area contributed by atoms with Crippen LogP contribution in [0.25, 0.3) is 11.3 Å². The minimum Gasteiger partial charge on any atom is -0.389 e. The van der Waals surface area contributed by atoms with Crippen LogP contribution in [0.3, 0.4) is 0 Å². The molecule has 0 saturated heterocycles. The van der Waals surface area contributed by atoms with Crippen LogP contribution < -0.4 is 5.73 Å². The number of alkyl halides is 3. The van der Waals surface area contributed by atoms with Gasteiger partial charge in [-0.3, -0.25) is 0 Å². The lowest BCUT2D eigenvalue weighted by atomic mass is 10.1. The molecule has 0 fully saturated rings. The average Bonchev–Trinajstić information content (AvgIpc) is 2.78. The molecule has 1 heterocycles. The lowest BCUT2D eigenvalue weighted by Crippen LogP contribution is -2.16. The molecule has 2 aromatic rings. The first-order chi connectivity index (χ1) is 11.2. The molecule has 3 nitrogen and oxygen atoms in total. The quantitative estimate of drug-likeness (QED) is 0.647. The van der Waals surface area contributed by atoms with Gasteiger partial charge in [0.25, 0.3) is 0 Å². The summed E-state index contributed by atoms with van der Waals surface area (Å²) in [5, 5.41) is 0.466. The van der Waals surface area contributed by atoms with E-state index in [-0.39, 0.29) is 34.1 Å². The fourth-order valence-electron chi connectivity index (χ4n) is 2.31. The summed E-state index contributed by atoms with van der Waals surface area (Å²) in [6, 6.07) is 6.38. The maximum Gasteiger partial charge on any atom is 0.432 e. The van der Waals surface area contributed by atoms with Crippen molar-refractivity contribution in [1.29, 1.82) is 0 Å². The van der Waals surface area contributed by atoms with E-state index in [9.17, 15) is 13.2 Å². The number of ether oxygens (including phenoxy) is 1. The monoisotopic (exact) mass is 440 g/mol. The van der Waals surface area contributed by atoms with Gasteiger partial charge in [0.15, 0.2) is 0 Å². The van der Waals surface area contributed by atoms with Gasteiger partial charge in [0, 0.05) is 17.2 Å². The molecule has 0 amide bonds. The summed E-state index contributed by atoms with van der Waals surface area (Å²) in [7, 11) is 0. The lowest BCUT2D eigenvalue weighted by Gasteiger charge is -2.16. The van der Waals surface area contributed by atoms with Gasteiger partial charge in [-0.25, -0.2) is 0 Å². The van der Waals surface area contributed by atoms with Crippen LogP contribution in [0.4, 0.5) is 13.2 Å². The van der Waals surface area contributed by atoms with Gasteiger partial charge in [-0.2, -0.15) is 13.2 Å². The fraction of sp³-hybridized carbons (Fsp3) is 0.267. The van der Waals surface area contributed by atoms with Crippen molar-refractivity contribution in [1.82, 2.24) is 4.57 Å². The Morgan fingerprint density at radius 3 is 2.38 bits per heavy atom. The molecule has 1 aromatic heterocycles. The first-order valence-corrected chi connectivity index (χ1v) is 8.39. The first-order valence-electron chi connectivity index (χ1n) is 6.81. The molecule has 0 aliphatic heterocycles. The van der Waals surface area contributed by atoms with Crippen LogP contribution in [-0.4, -0.2) is 16.2 Å². The largest absolute Gasteiger partial charge is 0.432 e. The molecule has 130 valence electrons. The van der Waals surface area contributed by atoms with Crippen LogP contribution in [0.2, 0.25) is 5.02 Å². The van der Waals surface area contributed by atoms with E-state index >= 15 is 0 Å². The number of halogens is 5. The van der Waals surface area contributed by atoms with Crippen LogP contribution in [0.5, 0.6) is 0 Å². The highest BCUT2D eigenvalue weighted by Gasteiger charge is 2.41. The Morgan fingerprint density at radius 1 is 1.33 bits per heavy atom. The number of benzene rings is 1. The molecular formula is C15H13BrClF3N2OS. The van der Waals surface area contributed by atoms with Gasteiger partial charge in [0.1, 0.15) is 17.4 Å². The molecule has 0 aliphatic rings. The third-order valence-corrected chi connectivity index (χ3v) is 4.49. The third-order valence-electron chi connectivity index (χ3n) is 3.26. The average molecular weight is 442 g/mol. The molecule has 9 heteroatoms. The van der Waals surface area contributed by atoms with Crippen molar-refractivity contribution in [3.63, 3.8) is 0 Å². The molecule has 2 rings (SSSR count). The predicted octanol–water partition coefficient (Wildman–Crippen LogP) is 5.22. The maximum absolute atomic E-state index is 13.6. The fourth-order valence-corrected chi connectivity index (χ4v) is 3.61. The van der Waals surface area contributed by atoms with Gasteiger partial charge < -0.3 is 15.0 Å². The summed E-state index contributed by atoms with van der Waals surface area (Å²) in [5.74, 6) is 0. The molecule has 0 radical (unpaired) electrons. The Morgan fingerprint density at radius 2 is 1.92 bits per heavy atom. The second-order valence-corrected chi connectivity index (χ2v) is 6.47. The molecule has 0 bridgehead atoms. The summed E-state index contributed by atoms with van der Waals surface area (Å²) in [4.78, 5) is -0.146. The second-order valence-electron chi connectivity index (χ2n) is 4.81. The smallest absolute Gasteiger partial charge is 0.389 e. The Bertz CT molecular complexity index is 760. The molecule has 0 aliphatic carbocycles. The van der Waals surface area contributed by atoms with Crippen LogP contribution in [0.15, 0.2) is 28.7 Å². The number of hydrogen-bond donors (Lipinski definition) is 1. The normalized spacial score (nSPS) is 11.8. The molecule has 0 atom stereocenters. The Labute approximate surface area is 155 Å². The zero-order valence-corrected chi connectivity index (χ0v) is 15.6. The predicted molar refractivity (Wildman–Crippen MR) is 95.1 cm³/mol. The minimum atomic E-state index is -4.61. The summed E-state index contributed by atoms with van der Waals surface area (Å²) in [6.45, 7) is 1.67. The van der Waals surface area contributed by atoms with Crippen molar-refractivity contribution < 1.29 is 17.9 Å². The Kier molecular flexibility index (Phi) is 5.95. The summed E-state index contributed by atoms with van der Waals surface area (Å²) in [5.41, 5.74) is 5.63. The number of hydrogen-bond acceptors (Lipinski definition) is 2. The van der Waals surface area contributed by atoms with Crippen molar-refractivity contribution in [2.75, 3.05) is 6.61 Å². The van der Waals surface area contributed by atoms with Crippen molar-refractivity contribution in [3.8, 4) is 11.3 Å². The van der Waals surface area contributed by atoms with E-state index in [1.807, 2.05) is 0 Å². The topological polar surface area (TPSA) is 40.2 Å². The van der Waals surface area contributed by atoms with Crippen molar-refractivity contribution in [3.05, 3.63) is 45.0 Å². The van der Waals surface area contributed by atoms with E-state index in [0.29, 0.717) is 10.6 Å². The molecule has 24 heavy (non-hydrogen) atoms. The zero-order valence-electron chi connectivity index (χ0n) is 12.5. The first kappa shape index (κ1) is 19.2. The van der Waals surface area contributed by atoms with Gasteiger partial charge in [0.05, 0.1) is 10.2 Å². The van der Waals surface area contributed by atoms with Gasteiger partial charge in [0.2, 0.25) is 0 Å². The second kappa shape index (κ2) is 7.43.